The van der Waals surface area contributed by atoms with Crippen molar-refractivity contribution in [3.63, 3.8) is 0 Å². The molecule has 1 amide bonds. The summed E-state index contributed by atoms with van der Waals surface area (Å²) in [6.45, 7) is 4.39. The van der Waals surface area contributed by atoms with E-state index in [-0.39, 0.29) is 42.8 Å². The summed E-state index contributed by atoms with van der Waals surface area (Å²) >= 11 is 1.79. The molecule has 0 radical (unpaired) electrons. The molecule has 4 heterocycles. The largest absolute Gasteiger partial charge is 0.433 e. The van der Waals surface area contributed by atoms with Crippen molar-refractivity contribution in [3.05, 3.63) is 36.0 Å². The molecule has 5 rings (SSSR count). The Bertz CT molecular complexity index is 1000. The van der Waals surface area contributed by atoms with Crippen LogP contribution in [0, 0.1) is 0 Å². The van der Waals surface area contributed by atoms with Gasteiger partial charge < -0.3 is 15.1 Å². The number of pyridine rings is 1. The first-order chi connectivity index (χ1) is 15.4. The Hall–Kier alpha value is -1.46. The minimum atomic E-state index is -4.48. The summed E-state index contributed by atoms with van der Waals surface area (Å²) in [6, 6.07) is 8.33. The van der Waals surface area contributed by atoms with Crippen LogP contribution in [0.2, 0.25) is 0 Å². The van der Waals surface area contributed by atoms with E-state index in [1.165, 1.54) is 6.07 Å². The number of benzene rings is 1. The fourth-order valence-electron chi connectivity index (χ4n) is 4.88. The predicted molar refractivity (Wildman–Crippen MR) is 134 cm³/mol. The van der Waals surface area contributed by atoms with Gasteiger partial charge in [0.25, 0.3) is 0 Å². The number of anilines is 1. The number of piperazine rings is 1. The van der Waals surface area contributed by atoms with Gasteiger partial charge in [-0.15, -0.1) is 36.6 Å². The molecule has 0 aliphatic carbocycles. The maximum atomic E-state index is 13.4. The SMILES string of the molecule is Cl.Cl.O=C([C@@H]1C[C@@H](N2CCN(c3cc(C(F)(F)F)nc4ccccc34)CC2)CN1)N1CCSC1. The predicted octanol–water partition coefficient (Wildman–Crippen LogP) is 3.48. The van der Waals surface area contributed by atoms with Gasteiger partial charge in [-0.2, -0.15) is 13.2 Å². The molecule has 34 heavy (non-hydrogen) atoms. The third-order valence-electron chi connectivity index (χ3n) is 6.63. The summed E-state index contributed by atoms with van der Waals surface area (Å²) < 4.78 is 40.2. The molecular weight excluding hydrogens is 510 g/mol. The van der Waals surface area contributed by atoms with Gasteiger partial charge in [-0.05, 0) is 18.6 Å². The molecule has 3 aliphatic rings. The van der Waals surface area contributed by atoms with Crippen LogP contribution in [0.25, 0.3) is 10.9 Å². The lowest BCUT2D eigenvalue weighted by molar-refractivity contribution is -0.141. The molecule has 0 unspecified atom stereocenters. The van der Waals surface area contributed by atoms with E-state index in [2.05, 4.69) is 15.2 Å². The highest BCUT2D eigenvalue weighted by molar-refractivity contribution is 7.99. The summed E-state index contributed by atoms with van der Waals surface area (Å²) in [5, 5.41) is 4.12. The van der Waals surface area contributed by atoms with Crippen molar-refractivity contribution in [2.24, 2.45) is 0 Å². The zero-order valence-corrected chi connectivity index (χ0v) is 20.9. The molecule has 3 aliphatic heterocycles. The van der Waals surface area contributed by atoms with E-state index < -0.39 is 11.9 Å². The second-order valence-corrected chi connectivity index (χ2v) is 9.63. The van der Waals surface area contributed by atoms with Crippen LogP contribution in [0.4, 0.5) is 18.9 Å². The Morgan fingerprint density at radius 1 is 1.09 bits per heavy atom. The summed E-state index contributed by atoms with van der Waals surface area (Å²) in [6.07, 6.45) is -3.69. The Kier molecular flexibility index (Phi) is 8.84. The monoisotopic (exact) mass is 537 g/mol. The lowest BCUT2D eigenvalue weighted by Gasteiger charge is -2.39. The molecule has 2 aromatic rings. The minimum absolute atomic E-state index is 0. The van der Waals surface area contributed by atoms with Gasteiger partial charge in [0, 0.05) is 62.1 Å². The molecule has 6 nitrogen and oxygen atoms in total. The van der Waals surface area contributed by atoms with E-state index in [0.29, 0.717) is 24.3 Å². The molecule has 2 atom stereocenters. The number of amides is 1. The molecular formula is C22H28Cl2F3N5OS. The van der Waals surface area contributed by atoms with E-state index in [1.54, 1.807) is 23.9 Å². The Morgan fingerprint density at radius 2 is 1.82 bits per heavy atom. The standard InChI is InChI=1S/C22H26F3N5OS.2ClH/c23-22(24,25)20-12-19(16-3-1-2-4-17(16)27-20)29-7-5-28(6-8-29)15-11-18(26-13-15)21(31)30-9-10-32-14-30;;/h1-4,12,15,18,26H,5-11,13-14H2;2*1H/t15-,18+;;/m1../s1. The number of thioether (sulfide) groups is 1. The van der Waals surface area contributed by atoms with E-state index >= 15 is 0 Å². The number of nitrogens with zero attached hydrogens (tertiary/aromatic N) is 4. The number of rotatable bonds is 3. The fourth-order valence-corrected chi connectivity index (χ4v) is 5.84. The Labute approximate surface area is 213 Å². The van der Waals surface area contributed by atoms with Crippen molar-refractivity contribution in [2.45, 2.75) is 24.7 Å². The number of aromatic nitrogens is 1. The van der Waals surface area contributed by atoms with Crippen molar-refractivity contribution in [2.75, 3.05) is 55.8 Å². The maximum Gasteiger partial charge on any atom is 0.433 e. The number of carbonyl (C=O) groups is 1. The van der Waals surface area contributed by atoms with E-state index in [9.17, 15) is 18.0 Å². The molecule has 3 fully saturated rings. The topological polar surface area (TPSA) is 51.7 Å². The van der Waals surface area contributed by atoms with Gasteiger partial charge >= 0.3 is 6.18 Å². The van der Waals surface area contributed by atoms with Crippen molar-refractivity contribution >= 4 is 59.1 Å². The number of nitrogens with one attached hydrogen (secondary N) is 1. The fraction of sp³-hybridized carbons (Fsp3) is 0.545. The average molecular weight is 538 g/mol. The van der Waals surface area contributed by atoms with Crippen LogP contribution >= 0.6 is 36.6 Å². The van der Waals surface area contributed by atoms with Crippen molar-refractivity contribution in [1.82, 2.24) is 20.1 Å². The van der Waals surface area contributed by atoms with Crippen LogP contribution in [0.3, 0.4) is 0 Å². The maximum absolute atomic E-state index is 13.4. The second kappa shape index (κ2) is 11.1. The number of carbonyl (C=O) groups excluding carboxylic acids is 1. The van der Waals surface area contributed by atoms with E-state index in [1.807, 2.05) is 21.9 Å². The lowest BCUT2D eigenvalue weighted by atomic mass is 10.1. The quantitative estimate of drug-likeness (QED) is 0.646. The first-order valence-corrected chi connectivity index (χ1v) is 12.1. The number of hydrogen-bond acceptors (Lipinski definition) is 6. The normalized spacial score (nSPS) is 23.6. The van der Waals surface area contributed by atoms with Gasteiger partial charge in [0.05, 0.1) is 17.4 Å². The number of halogens is 5. The first-order valence-electron chi connectivity index (χ1n) is 11.0. The van der Waals surface area contributed by atoms with Gasteiger partial charge in [0.15, 0.2) is 0 Å². The van der Waals surface area contributed by atoms with E-state index in [0.717, 1.165) is 49.6 Å². The van der Waals surface area contributed by atoms with Gasteiger partial charge in [0.2, 0.25) is 5.91 Å². The van der Waals surface area contributed by atoms with Crippen LogP contribution in [-0.4, -0.2) is 83.7 Å². The summed E-state index contributed by atoms with van der Waals surface area (Å²) in [7, 11) is 0. The zero-order chi connectivity index (χ0) is 22.3. The summed E-state index contributed by atoms with van der Waals surface area (Å²) in [5.41, 5.74) is 0.0999. The molecule has 3 saturated heterocycles. The van der Waals surface area contributed by atoms with Crippen LogP contribution in [0.1, 0.15) is 12.1 Å². The smallest absolute Gasteiger partial charge is 0.368 e. The number of fused-ring (bicyclic) bond motifs is 1. The van der Waals surface area contributed by atoms with Crippen LogP contribution in [0.15, 0.2) is 30.3 Å². The Morgan fingerprint density at radius 3 is 2.50 bits per heavy atom. The molecule has 188 valence electrons. The third kappa shape index (κ3) is 5.51. The molecule has 1 aromatic carbocycles. The van der Waals surface area contributed by atoms with Crippen molar-refractivity contribution in [3.8, 4) is 0 Å². The van der Waals surface area contributed by atoms with Crippen LogP contribution in [0.5, 0.6) is 0 Å². The third-order valence-corrected chi connectivity index (χ3v) is 7.59. The summed E-state index contributed by atoms with van der Waals surface area (Å²) in [5.74, 6) is 1.98. The lowest BCUT2D eigenvalue weighted by Crippen LogP contribution is -2.51. The molecule has 12 heteroatoms. The average Bonchev–Trinajstić information content (AvgIpc) is 3.50. The molecule has 0 saturated carbocycles. The molecule has 0 bridgehead atoms. The minimum Gasteiger partial charge on any atom is -0.368 e. The number of hydrogen-bond donors (Lipinski definition) is 1. The highest BCUT2D eigenvalue weighted by Gasteiger charge is 2.37. The van der Waals surface area contributed by atoms with Gasteiger partial charge in [-0.25, -0.2) is 4.98 Å². The van der Waals surface area contributed by atoms with Gasteiger partial charge in [-0.3, -0.25) is 9.69 Å². The molecule has 1 aromatic heterocycles. The van der Waals surface area contributed by atoms with Crippen LogP contribution in [-0.2, 0) is 11.0 Å². The molecule has 1 N–H and O–H groups in total. The van der Waals surface area contributed by atoms with Crippen molar-refractivity contribution in [1.29, 1.82) is 0 Å². The Balaban J connectivity index is 0.00000162. The van der Waals surface area contributed by atoms with Gasteiger partial charge in [-0.1, -0.05) is 18.2 Å². The highest BCUT2D eigenvalue weighted by Crippen LogP contribution is 2.35. The number of alkyl halides is 3. The van der Waals surface area contributed by atoms with E-state index in [4.69, 9.17) is 0 Å². The zero-order valence-electron chi connectivity index (χ0n) is 18.5. The second-order valence-electron chi connectivity index (χ2n) is 8.55. The van der Waals surface area contributed by atoms with Crippen LogP contribution < -0.4 is 10.2 Å². The first kappa shape index (κ1) is 27.1. The number of para-hydroxylation sites is 1. The molecule has 0 spiro atoms. The summed E-state index contributed by atoms with van der Waals surface area (Å²) in [4.78, 5) is 22.8. The van der Waals surface area contributed by atoms with Gasteiger partial charge in [0.1, 0.15) is 5.69 Å². The highest BCUT2D eigenvalue weighted by atomic mass is 35.5. The van der Waals surface area contributed by atoms with Crippen molar-refractivity contribution < 1.29 is 18.0 Å².